The van der Waals surface area contributed by atoms with Crippen molar-refractivity contribution in [3.8, 4) is 0 Å². The van der Waals surface area contributed by atoms with E-state index in [9.17, 15) is 0 Å². The highest BCUT2D eigenvalue weighted by atomic mass is 15.2. The van der Waals surface area contributed by atoms with Gasteiger partial charge in [-0.05, 0) is 71.4 Å². The average molecular weight is 321 g/mol. The van der Waals surface area contributed by atoms with Crippen LogP contribution in [0.15, 0.2) is 12.7 Å². The summed E-state index contributed by atoms with van der Waals surface area (Å²) in [4.78, 5) is 5.43. The highest BCUT2D eigenvalue weighted by molar-refractivity contribution is 4.92. The smallest absolute Gasteiger partial charge is 0.0252 e. The van der Waals surface area contributed by atoms with Gasteiger partial charge >= 0.3 is 0 Å². The lowest BCUT2D eigenvalue weighted by molar-refractivity contribution is 0.0591. The molecule has 2 aliphatic rings. The van der Waals surface area contributed by atoms with E-state index in [4.69, 9.17) is 0 Å². The van der Waals surface area contributed by atoms with Crippen LogP contribution in [0.5, 0.6) is 0 Å². The van der Waals surface area contributed by atoms with Crippen molar-refractivity contribution in [1.82, 2.24) is 9.80 Å². The number of rotatable bonds is 7. The van der Waals surface area contributed by atoms with E-state index < -0.39 is 0 Å². The molecular formula is C21H40N2. The van der Waals surface area contributed by atoms with Crippen LogP contribution >= 0.6 is 0 Å². The van der Waals surface area contributed by atoms with Gasteiger partial charge in [0, 0.05) is 24.7 Å². The van der Waals surface area contributed by atoms with Crippen LogP contribution in [-0.2, 0) is 0 Å². The van der Waals surface area contributed by atoms with Gasteiger partial charge in [-0.25, -0.2) is 0 Å². The van der Waals surface area contributed by atoms with E-state index in [0.717, 1.165) is 17.9 Å². The number of likely N-dealkylation sites (tertiary alicyclic amines) is 1. The zero-order valence-corrected chi connectivity index (χ0v) is 16.1. The Bertz CT molecular complexity index is 336. The van der Waals surface area contributed by atoms with Crippen molar-refractivity contribution >= 4 is 0 Å². The Hall–Kier alpha value is -0.340. The van der Waals surface area contributed by atoms with Gasteiger partial charge in [0.15, 0.2) is 0 Å². The van der Waals surface area contributed by atoms with Crippen LogP contribution in [0.1, 0.15) is 72.6 Å². The Morgan fingerprint density at radius 2 is 1.57 bits per heavy atom. The van der Waals surface area contributed by atoms with Crippen molar-refractivity contribution in [2.24, 2.45) is 11.8 Å². The minimum absolute atomic E-state index is 0.496. The summed E-state index contributed by atoms with van der Waals surface area (Å²) in [5, 5.41) is 0. The van der Waals surface area contributed by atoms with Crippen molar-refractivity contribution in [3.63, 3.8) is 0 Å². The molecule has 0 amide bonds. The standard InChI is InChI=1S/C21H40N2/c1-6-18(5)23(17(3)4)21-12-14-22(15-13-21)16-20-10-8-19(7-2)9-11-20/h6,17-21H,1,7-16H2,2-5H3. The molecule has 2 nitrogen and oxygen atoms in total. The van der Waals surface area contributed by atoms with E-state index in [1.165, 1.54) is 64.6 Å². The molecule has 2 rings (SSSR count). The Labute approximate surface area is 145 Å². The minimum Gasteiger partial charge on any atom is -0.303 e. The first-order valence-electron chi connectivity index (χ1n) is 10.2. The predicted octanol–water partition coefficient (Wildman–Crippen LogP) is 4.95. The SMILES string of the molecule is C=CC(C)N(C(C)C)C1CCN(CC2CCC(CC)CC2)CC1. The van der Waals surface area contributed by atoms with Gasteiger partial charge in [-0.2, -0.15) is 0 Å². The maximum atomic E-state index is 4.01. The van der Waals surface area contributed by atoms with Crippen LogP contribution in [0.3, 0.4) is 0 Å². The molecule has 1 heterocycles. The van der Waals surface area contributed by atoms with Gasteiger partial charge in [0.2, 0.25) is 0 Å². The lowest BCUT2D eigenvalue weighted by Gasteiger charge is -2.44. The molecule has 134 valence electrons. The first-order valence-corrected chi connectivity index (χ1v) is 10.2. The average Bonchev–Trinajstić information content (AvgIpc) is 2.57. The van der Waals surface area contributed by atoms with Gasteiger partial charge in [-0.1, -0.05) is 32.3 Å². The van der Waals surface area contributed by atoms with E-state index in [0.29, 0.717) is 12.1 Å². The van der Waals surface area contributed by atoms with Crippen molar-refractivity contribution in [2.45, 2.75) is 90.8 Å². The fraction of sp³-hybridized carbons (Fsp3) is 0.905. The summed E-state index contributed by atoms with van der Waals surface area (Å²) in [5.41, 5.74) is 0. The van der Waals surface area contributed by atoms with Gasteiger partial charge in [0.05, 0.1) is 0 Å². The van der Waals surface area contributed by atoms with Gasteiger partial charge < -0.3 is 4.90 Å². The zero-order valence-electron chi connectivity index (χ0n) is 16.1. The molecule has 23 heavy (non-hydrogen) atoms. The third-order valence-corrected chi connectivity index (χ3v) is 6.45. The van der Waals surface area contributed by atoms with Crippen LogP contribution in [0.4, 0.5) is 0 Å². The third-order valence-electron chi connectivity index (χ3n) is 6.45. The Morgan fingerprint density at radius 3 is 2.04 bits per heavy atom. The summed E-state index contributed by atoms with van der Waals surface area (Å²) in [6.07, 6.45) is 12.1. The monoisotopic (exact) mass is 320 g/mol. The second-order valence-corrected chi connectivity index (χ2v) is 8.34. The van der Waals surface area contributed by atoms with Gasteiger partial charge in [0.1, 0.15) is 0 Å². The van der Waals surface area contributed by atoms with Crippen LogP contribution < -0.4 is 0 Å². The predicted molar refractivity (Wildman–Crippen MR) is 102 cm³/mol. The van der Waals surface area contributed by atoms with Crippen molar-refractivity contribution in [2.75, 3.05) is 19.6 Å². The molecule has 0 bridgehead atoms. The normalized spacial score (nSPS) is 29.1. The fourth-order valence-electron chi connectivity index (χ4n) is 4.93. The summed E-state index contributed by atoms with van der Waals surface area (Å²) >= 11 is 0. The molecule has 0 aromatic rings. The summed E-state index contributed by atoms with van der Waals surface area (Å²) in [7, 11) is 0. The van der Waals surface area contributed by atoms with E-state index in [1.54, 1.807) is 0 Å². The maximum Gasteiger partial charge on any atom is 0.0252 e. The molecule has 1 saturated carbocycles. The van der Waals surface area contributed by atoms with E-state index >= 15 is 0 Å². The molecule has 0 aromatic heterocycles. The molecule has 1 saturated heterocycles. The molecule has 0 radical (unpaired) electrons. The Balaban J connectivity index is 1.76. The van der Waals surface area contributed by atoms with E-state index in [-0.39, 0.29) is 0 Å². The highest BCUT2D eigenvalue weighted by Crippen LogP contribution is 2.32. The van der Waals surface area contributed by atoms with Crippen molar-refractivity contribution < 1.29 is 0 Å². The van der Waals surface area contributed by atoms with Crippen LogP contribution in [0, 0.1) is 11.8 Å². The molecule has 0 spiro atoms. The largest absolute Gasteiger partial charge is 0.303 e. The topological polar surface area (TPSA) is 6.48 Å². The first kappa shape index (κ1) is 19.0. The molecule has 1 unspecified atom stereocenters. The van der Waals surface area contributed by atoms with Crippen molar-refractivity contribution in [3.05, 3.63) is 12.7 Å². The molecule has 2 heteroatoms. The molecule has 1 atom stereocenters. The van der Waals surface area contributed by atoms with Crippen LogP contribution in [0.2, 0.25) is 0 Å². The lowest BCUT2D eigenvalue weighted by atomic mass is 9.80. The Kier molecular flexibility index (Phi) is 7.62. The molecule has 0 aromatic carbocycles. The quantitative estimate of drug-likeness (QED) is 0.612. The van der Waals surface area contributed by atoms with Gasteiger partial charge in [0.25, 0.3) is 0 Å². The molecule has 2 fully saturated rings. The minimum atomic E-state index is 0.496. The van der Waals surface area contributed by atoms with Crippen molar-refractivity contribution in [1.29, 1.82) is 0 Å². The summed E-state index contributed by atoms with van der Waals surface area (Å²) < 4.78 is 0. The van der Waals surface area contributed by atoms with E-state index in [2.05, 4.69) is 50.1 Å². The number of hydrogen-bond acceptors (Lipinski definition) is 2. The van der Waals surface area contributed by atoms with Gasteiger partial charge in [-0.15, -0.1) is 6.58 Å². The number of piperidine rings is 1. The summed E-state index contributed by atoms with van der Waals surface area (Å²) in [6, 6.07) is 1.86. The van der Waals surface area contributed by atoms with E-state index in [1.807, 2.05) is 0 Å². The molecule has 1 aliphatic heterocycles. The second kappa shape index (κ2) is 9.22. The fourth-order valence-corrected chi connectivity index (χ4v) is 4.93. The summed E-state index contributed by atoms with van der Waals surface area (Å²) in [5.74, 6) is 2.00. The zero-order chi connectivity index (χ0) is 16.8. The number of hydrogen-bond donors (Lipinski definition) is 0. The van der Waals surface area contributed by atoms with Crippen LogP contribution in [-0.4, -0.2) is 47.6 Å². The summed E-state index contributed by atoms with van der Waals surface area (Å²) in [6.45, 7) is 17.3. The molecule has 0 N–H and O–H groups in total. The third kappa shape index (κ3) is 5.32. The number of nitrogens with zero attached hydrogens (tertiary/aromatic N) is 2. The first-order chi connectivity index (χ1) is 11.0. The lowest BCUT2D eigenvalue weighted by Crippen LogP contribution is -2.51. The Morgan fingerprint density at radius 1 is 1.00 bits per heavy atom. The van der Waals surface area contributed by atoms with Crippen LogP contribution in [0.25, 0.3) is 0 Å². The van der Waals surface area contributed by atoms with Gasteiger partial charge in [-0.3, -0.25) is 4.90 Å². The molecular weight excluding hydrogens is 280 g/mol. The maximum absolute atomic E-state index is 4.01. The second-order valence-electron chi connectivity index (χ2n) is 8.34. The highest BCUT2D eigenvalue weighted by Gasteiger charge is 2.30. The molecule has 1 aliphatic carbocycles.